The highest BCUT2D eigenvalue weighted by atomic mass is 32.2. The zero-order valence-corrected chi connectivity index (χ0v) is 12.2. The molecule has 1 aromatic heterocycles. The Morgan fingerprint density at radius 3 is 2.41 bits per heavy atom. The molecule has 1 aromatic rings. The van der Waals surface area contributed by atoms with Crippen molar-refractivity contribution in [1.82, 2.24) is 9.71 Å². The van der Waals surface area contributed by atoms with Gasteiger partial charge < -0.3 is 5.73 Å². The Kier molecular flexibility index (Phi) is 4.51. The zero-order chi connectivity index (χ0) is 13.2. The van der Waals surface area contributed by atoms with Crippen molar-refractivity contribution < 1.29 is 8.42 Å². The summed E-state index contributed by atoms with van der Waals surface area (Å²) < 4.78 is 27.0. The number of nitrogens with one attached hydrogen (secondary N) is 1. The van der Waals surface area contributed by atoms with Crippen molar-refractivity contribution in [2.24, 2.45) is 5.92 Å². The second-order valence-corrected chi connectivity index (χ2v) is 7.52. The van der Waals surface area contributed by atoms with Crippen LogP contribution in [0.1, 0.15) is 32.9 Å². The number of hydrogen-bond acceptors (Lipinski definition) is 5. The number of rotatable bonds is 5. The highest BCUT2D eigenvalue weighted by Crippen LogP contribution is 2.25. The summed E-state index contributed by atoms with van der Waals surface area (Å²) in [5.41, 5.74) is 5.96. The van der Waals surface area contributed by atoms with E-state index in [1.165, 1.54) is 0 Å². The van der Waals surface area contributed by atoms with Crippen molar-refractivity contribution in [2.45, 2.75) is 44.4 Å². The largest absolute Gasteiger partial charge is 0.375 e. The second-order valence-electron chi connectivity index (χ2n) is 4.58. The van der Waals surface area contributed by atoms with E-state index in [4.69, 9.17) is 5.73 Å². The fraction of sp³-hybridized carbons (Fsp3) is 0.700. The van der Waals surface area contributed by atoms with Gasteiger partial charge >= 0.3 is 0 Å². The van der Waals surface area contributed by atoms with Crippen LogP contribution in [0.15, 0.2) is 4.21 Å². The molecule has 0 amide bonds. The number of hydrogen-bond donors (Lipinski definition) is 2. The summed E-state index contributed by atoms with van der Waals surface area (Å²) in [6, 6.07) is -0.0947. The van der Waals surface area contributed by atoms with Crippen LogP contribution in [0, 0.1) is 12.8 Å². The highest BCUT2D eigenvalue weighted by molar-refractivity contribution is 7.91. The first-order valence-electron chi connectivity index (χ1n) is 5.47. The summed E-state index contributed by atoms with van der Waals surface area (Å²) in [5, 5.41) is 0.277. The van der Waals surface area contributed by atoms with E-state index in [9.17, 15) is 8.42 Å². The topological polar surface area (TPSA) is 85.1 Å². The van der Waals surface area contributed by atoms with Crippen molar-refractivity contribution in [3.05, 3.63) is 5.69 Å². The quantitative estimate of drug-likeness (QED) is 0.858. The monoisotopic (exact) mass is 277 g/mol. The molecule has 0 aromatic carbocycles. The van der Waals surface area contributed by atoms with Crippen molar-refractivity contribution in [1.29, 1.82) is 0 Å². The number of sulfonamides is 1. The van der Waals surface area contributed by atoms with Gasteiger partial charge in [-0.25, -0.2) is 18.1 Å². The molecule has 3 N–H and O–H groups in total. The molecule has 0 spiro atoms. The zero-order valence-electron chi connectivity index (χ0n) is 10.5. The Morgan fingerprint density at radius 2 is 2.00 bits per heavy atom. The molecule has 0 aliphatic carbocycles. The minimum absolute atomic E-state index is 0.0947. The predicted molar refractivity (Wildman–Crippen MR) is 70.5 cm³/mol. The number of aryl methyl sites for hydroxylation is 1. The molecule has 1 heterocycles. The summed E-state index contributed by atoms with van der Waals surface area (Å²) in [7, 11) is -3.49. The lowest BCUT2D eigenvalue weighted by Gasteiger charge is -2.15. The van der Waals surface area contributed by atoms with Gasteiger partial charge in [-0.15, -0.1) is 0 Å². The Hall–Kier alpha value is -0.660. The van der Waals surface area contributed by atoms with Crippen LogP contribution in [0.25, 0.3) is 0 Å². The summed E-state index contributed by atoms with van der Waals surface area (Å²) in [5.74, 6) is 0.445. The standard InChI is InChI=1S/C10H19N3O2S2/c1-6(2)5-7(3)13-17(14,15)9-8(4)12-10(11)16-9/h6-7,13H,5H2,1-4H3,(H2,11,12). The molecular weight excluding hydrogens is 258 g/mol. The van der Waals surface area contributed by atoms with Crippen molar-refractivity contribution in [2.75, 3.05) is 5.73 Å². The van der Waals surface area contributed by atoms with Gasteiger partial charge in [-0.1, -0.05) is 25.2 Å². The molecule has 1 rings (SSSR count). The molecule has 7 heteroatoms. The lowest BCUT2D eigenvalue weighted by Crippen LogP contribution is -2.33. The summed E-state index contributed by atoms with van der Waals surface area (Å²) in [6.45, 7) is 7.62. The molecular formula is C10H19N3O2S2. The molecule has 5 nitrogen and oxygen atoms in total. The van der Waals surface area contributed by atoms with Crippen molar-refractivity contribution >= 4 is 26.5 Å². The second kappa shape index (κ2) is 5.32. The maximum Gasteiger partial charge on any atom is 0.252 e. The van der Waals surface area contributed by atoms with E-state index in [-0.39, 0.29) is 15.4 Å². The molecule has 1 unspecified atom stereocenters. The van der Waals surface area contributed by atoms with E-state index < -0.39 is 10.0 Å². The van der Waals surface area contributed by atoms with E-state index in [1.54, 1.807) is 6.92 Å². The fourth-order valence-electron chi connectivity index (χ4n) is 1.73. The van der Waals surface area contributed by atoms with Crippen molar-refractivity contribution in [3.8, 4) is 0 Å². The van der Waals surface area contributed by atoms with E-state index >= 15 is 0 Å². The maximum absolute atomic E-state index is 12.1. The predicted octanol–water partition coefficient (Wildman–Crippen LogP) is 1.75. The summed E-state index contributed by atoms with van der Waals surface area (Å²) in [4.78, 5) is 3.92. The maximum atomic E-state index is 12.1. The summed E-state index contributed by atoms with van der Waals surface area (Å²) in [6.07, 6.45) is 0.798. The molecule has 17 heavy (non-hydrogen) atoms. The van der Waals surface area contributed by atoms with E-state index in [0.717, 1.165) is 17.8 Å². The minimum atomic E-state index is -3.49. The smallest absolute Gasteiger partial charge is 0.252 e. The molecule has 1 atom stereocenters. The molecule has 0 bridgehead atoms. The van der Waals surface area contributed by atoms with Gasteiger partial charge in [0.15, 0.2) is 9.34 Å². The lowest BCUT2D eigenvalue weighted by molar-refractivity contribution is 0.483. The first kappa shape index (κ1) is 14.4. The van der Waals surface area contributed by atoms with Gasteiger partial charge in [0.25, 0.3) is 10.0 Å². The van der Waals surface area contributed by atoms with Crippen LogP contribution < -0.4 is 10.5 Å². The average Bonchev–Trinajstić information content (AvgIpc) is 2.42. The van der Waals surface area contributed by atoms with E-state index in [1.807, 2.05) is 6.92 Å². The third-order valence-corrected chi connectivity index (χ3v) is 5.38. The van der Waals surface area contributed by atoms with Gasteiger partial charge in [-0.2, -0.15) is 0 Å². The molecule has 98 valence electrons. The van der Waals surface area contributed by atoms with Crippen LogP contribution >= 0.6 is 11.3 Å². The molecule has 0 radical (unpaired) electrons. The number of anilines is 1. The molecule has 0 saturated heterocycles. The van der Waals surface area contributed by atoms with Crippen LogP contribution in [0.3, 0.4) is 0 Å². The first-order valence-corrected chi connectivity index (χ1v) is 7.77. The van der Waals surface area contributed by atoms with E-state index in [0.29, 0.717) is 11.6 Å². The number of nitrogens with two attached hydrogens (primary N) is 1. The number of nitrogens with zero attached hydrogens (tertiary/aromatic N) is 1. The Labute approximate surface area is 106 Å². The normalized spacial score (nSPS) is 14.2. The van der Waals surface area contributed by atoms with E-state index in [2.05, 4.69) is 23.6 Å². The van der Waals surface area contributed by atoms with Crippen LogP contribution in [0.5, 0.6) is 0 Å². The Bertz CT molecular complexity index is 480. The van der Waals surface area contributed by atoms with Crippen molar-refractivity contribution in [3.63, 3.8) is 0 Å². The van der Waals surface area contributed by atoms with Gasteiger partial charge in [-0.3, -0.25) is 0 Å². The molecule has 0 saturated carbocycles. The van der Waals surface area contributed by atoms with Gasteiger partial charge in [0.2, 0.25) is 0 Å². The average molecular weight is 277 g/mol. The van der Waals surface area contributed by atoms with Gasteiger partial charge in [0.05, 0.1) is 5.69 Å². The van der Waals surface area contributed by atoms with Crippen LogP contribution in [0.2, 0.25) is 0 Å². The number of thiazole rings is 1. The molecule has 0 fully saturated rings. The third-order valence-electron chi connectivity index (χ3n) is 2.20. The highest BCUT2D eigenvalue weighted by Gasteiger charge is 2.23. The Morgan fingerprint density at radius 1 is 1.41 bits per heavy atom. The number of nitrogen functional groups attached to an aromatic ring is 1. The van der Waals surface area contributed by atoms with Crippen LogP contribution in [-0.2, 0) is 10.0 Å². The fourth-order valence-corrected chi connectivity index (χ4v) is 4.30. The van der Waals surface area contributed by atoms with Crippen LogP contribution in [0.4, 0.5) is 5.13 Å². The van der Waals surface area contributed by atoms with Gasteiger partial charge in [-0.05, 0) is 26.2 Å². The Balaban J connectivity index is 2.86. The number of aromatic nitrogens is 1. The lowest BCUT2D eigenvalue weighted by atomic mass is 10.1. The molecule has 0 aliphatic heterocycles. The third kappa shape index (κ3) is 3.93. The SMILES string of the molecule is Cc1nc(N)sc1S(=O)(=O)NC(C)CC(C)C. The van der Waals surface area contributed by atoms with Crippen LogP contribution in [-0.4, -0.2) is 19.4 Å². The minimum Gasteiger partial charge on any atom is -0.375 e. The molecule has 0 aliphatic rings. The van der Waals surface area contributed by atoms with Gasteiger partial charge in [0.1, 0.15) is 0 Å². The first-order chi connectivity index (χ1) is 7.72. The summed E-state index contributed by atoms with van der Waals surface area (Å²) >= 11 is 0.998. The van der Waals surface area contributed by atoms with Gasteiger partial charge in [0, 0.05) is 6.04 Å².